The van der Waals surface area contributed by atoms with E-state index in [1.165, 1.54) is 11.1 Å². The van der Waals surface area contributed by atoms with Gasteiger partial charge in [-0.25, -0.2) is 0 Å². The average molecular weight is 474 g/mol. The van der Waals surface area contributed by atoms with E-state index in [0.717, 1.165) is 24.0 Å². The van der Waals surface area contributed by atoms with E-state index in [-0.39, 0.29) is 11.9 Å². The second kappa shape index (κ2) is 9.40. The number of rotatable bonds is 6. The van der Waals surface area contributed by atoms with Crippen LogP contribution in [-0.4, -0.2) is 17.4 Å². The highest BCUT2D eigenvalue weighted by molar-refractivity contribution is 5.86. The molecule has 2 aliphatic heterocycles. The Morgan fingerprint density at radius 3 is 1.72 bits per heavy atom. The van der Waals surface area contributed by atoms with E-state index < -0.39 is 11.1 Å². The van der Waals surface area contributed by atoms with Crippen LogP contribution >= 0.6 is 0 Å². The number of hydrogen-bond donors (Lipinski definition) is 0. The molecular formula is C33H31NO2. The minimum Gasteiger partial charge on any atom is -0.349 e. The summed E-state index contributed by atoms with van der Waals surface area (Å²) >= 11 is 0. The maximum atomic E-state index is 14.9. The van der Waals surface area contributed by atoms with Crippen LogP contribution in [0.3, 0.4) is 0 Å². The normalized spacial score (nSPS) is 22.8. The molecule has 0 N–H and O–H groups in total. The van der Waals surface area contributed by atoms with Crippen molar-refractivity contribution in [3.8, 4) is 0 Å². The quantitative estimate of drug-likeness (QED) is 0.312. The monoisotopic (exact) mass is 473 g/mol. The smallest absolute Gasteiger partial charge is 0.232 e. The average Bonchev–Trinajstić information content (AvgIpc) is 3.34. The molecule has 0 aliphatic carbocycles. The van der Waals surface area contributed by atoms with Gasteiger partial charge in [0.1, 0.15) is 0 Å². The van der Waals surface area contributed by atoms with Gasteiger partial charge in [0, 0.05) is 12.0 Å². The summed E-state index contributed by atoms with van der Waals surface area (Å²) in [5.41, 5.74) is 3.30. The van der Waals surface area contributed by atoms with Crippen LogP contribution in [-0.2, 0) is 28.1 Å². The summed E-state index contributed by atoms with van der Waals surface area (Å²) in [7, 11) is 0. The van der Waals surface area contributed by atoms with Gasteiger partial charge in [-0.1, -0.05) is 121 Å². The van der Waals surface area contributed by atoms with E-state index in [0.29, 0.717) is 19.4 Å². The largest absolute Gasteiger partial charge is 0.349 e. The number of fused-ring (bicyclic) bond motifs is 1. The molecule has 6 rings (SSSR count). The van der Waals surface area contributed by atoms with E-state index in [2.05, 4.69) is 77.7 Å². The molecule has 0 saturated carbocycles. The first-order valence-corrected chi connectivity index (χ1v) is 12.9. The summed E-state index contributed by atoms with van der Waals surface area (Å²) in [6.07, 6.45) is 2.96. The van der Waals surface area contributed by atoms with Gasteiger partial charge in [-0.2, -0.15) is 0 Å². The first-order chi connectivity index (χ1) is 17.7. The maximum absolute atomic E-state index is 14.9. The van der Waals surface area contributed by atoms with Crippen molar-refractivity contribution in [2.45, 2.75) is 37.5 Å². The summed E-state index contributed by atoms with van der Waals surface area (Å²) < 4.78 is 6.67. The lowest BCUT2D eigenvalue weighted by Crippen LogP contribution is -2.58. The fourth-order valence-electron chi connectivity index (χ4n) is 6.23. The zero-order chi connectivity index (χ0) is 24.4. The molecule has 0 unspecified atom stereocenters. The van der Waals surface area contributed by atoms with Crippen LogP contribution in [0.5, 0.6) is 0 Å². The first-order valence-electron chi connectivity index (χ1n) is 12.9. The van der Waals surface area contributed by atoms with Gasteiger partial charge in [0.25, 0.3) is 0 Å². The highest BCUT2D eigenvalue weighted by Gasteiger charge is 2.60. The van der Waals surface area contributed by atoms with Crippen molar-refractivity contribution in [3.63, 3.8) is 0 Å². The molecule has 2 atom stereocenters. The Morgan fingerprint density at radius 1 is 0.667 bits per heavy atom. The lowest BCUT2D eigenvalue weighted by Gasteiger charge is -2.51. The molecule has 2 saturated heterocycles. The standard InChI is InChI=1S/C33H31NO2/c35-31-32(23-26-13-5-1-6-14-26,24-27-15-7-2-8-16-27)21-22-33(29-19-11-4-12-20-29)34(31)30(25-36-33)28-17-9-3-10-18-28/h1-20,30H,21-25H2/t30-,33+/m0/s1. The first kappa shape index (κ1) is 22.8. The Morgan fingerprint density at radius 2 is 1.17 bits per heavy atom. The predicted octanol–water partition coefficient (Wildman–Crippen LogP) is 6.71. The molecule has 0 radical (unpaired) electrons. The van der Waals surface area contributed by atoms with Gasteiger partial charge < -0.3 is 9.64 Å². The highest BCUT2D eigenvalue weighted by Crippen LogP contribution is 2.55. The molecule has 3 nitrogen and oxygen atoms in total. The van der Waals surface area contributed by atoms with Crippen molar-refractivity contribution < 1.29 is 9.53 Å². The van der Waals surface area contributed by atoms with Crippen LogP contribution in [0.2, 0.25) is 0 Å². The van der Waals surface area contributed by atoms with Crippen molar-refractivity contribution in [2.75, 3.05) is 6.61 Å². The minimum atomic E-state index is -0.740. The van der Waals surface area contributed by atoms with E-state index in [4.69, 9.17) is 4.74 Å². The Balaban J connectivity index is 1.48. The summed E-state index contributed by atoms with van der Waals surface area (Å²) in [6, 6.07) is 41.5. The zero-order valence-corrected chi connectivity index (χ0v) is 20.4. The zero-order valence-electron chi connectivity index (χ0n) is 20.4. The van der Waals surface area contributed by atoms with Crippen molar-refractivity contribution in [1.29, 1.82) is 0 Å². The summed E-state index contributed by atoms with van der Waals surface area (Å²) in [5.74, 6) is 0.191. The lowest BCUT2D eigenvalue weighted by molar-refractivity contribution is -0.181. The Kier molecular flexibility index (Phi) is 5.94. The van der Waals surface area contributed by atoms with Crippen molar-refractivity contribution in [3.05, 3.63) is 144 Å². The van der Waals surface area contributed by atoms with Crippen LogP contribution in [0, 0.1) is 5.41 Å². The SMILES string of the molecule is O=C1N2[C@H](c3ccccc3)CO[C@@]2(c2ccccc2)CCC1(Cc1ccccc1)Cc1ccccc1. The number of piperidine rings is 1. The van der Waals surface area contributed by atoms with Gasteiger partial charge in [0.05, 0.1) is 18.1 Å². The molecule has 3 heteroatoms. The number of carbonyl (C=O) groups excluding carboxylic acids is 1. The fourth-order valence-corrected chi connectivity index (χ4v) is 6.23. The lowest BCUT2D eigenvalue weighted by atomic mass is 9.67. The van der Waals surface area contributed by atoms with Gasteiger partial charge in [-0.05, 0) is 36.0 Å². The van der Waals surface area contributed by atoms with Crippen LogP contribution in [0.1, 0.15) is 41.1 Å². The molecule has 0 aromatic heterocycles. The topological polar surface area (TPSA) is 29.5 Å². The molecule has 2 aliphatic rings. The van der Waals surface area contributed by atoms with Crippen LogP contribution in [0.15, 0.2) is 121 Å². The van der Waals surface area contributed by atoms with E-state index in [1.807, 2.05) is 48.5 Å². The van der Waals surface area contributed by atoms with Crippen LogP contribution in [0.4, 0.5) is 0 Å². The third kappa shape index (κ3) is 3.94. The van der Waals surface area contributed by atoms with E-state index in [9.17, 15) is 4.79 Å². The highest BCUT2D eigenvalue weighted by atomic mass is 16.5. The van der Waals surface area contributed by atoms with Crippen molar-refractivity contribution in [2.24, 2.45) is 5.41 Å². The predicted molar refractivity (Wildman–Crippen MR) is 142 cm³/mol. The third-order valence-electron chi connectivity index (χ3n) is 7.98. The molecule has 4 aromatic carbocycles. The molecule has 4 aromatic rings. The van der Waals surface area contributed by atoms with Gasteiger partial charge >= 0.3 is 0 Å². The molecule has 2 heterocycles. The fraction of sp³-hybridized carbons (Fsp3) is 0.242. The summed E-state index contributed by atoms with van der Waals surface area (Å²) in [6.45, 7) is 0.497. The van der Waals surface area contributed by atoms with Crippen LogP contribution in [0.25, 0.3) is 0 Å². The molecule has 1 amide bonds. The van der Waals surface area contributed by atoms with E-state index in [1.54, 1.807) is 0 Å². The maximum Gasteiger partial charge on any atom is 0.232 e. The number of ether oxygens (including phenoxy) is 1. The Hall–Kier alpha value is -3.69. The second-order valence-corrected chi connectivity index (χ2v) is 10.2. The minimum absolute atomic E-state index is 0.120. The third-order valence-corrected chi connectivity index (χ3v) is 7.98. The van der Waals surface area contributed by atoms with Gasteiger partial charge in [-0.15, -0.1) is 0 Å². The summed E-state index contributed by atoms with van der Waals surface area (Å²) in [4.78, 5) is 17.1. The molecule has 36 heavy (non-hydrogen) atoms. The van der Waals surface area contributed by atoms with Crippen LogP contribution < -0.4 is 0 Å². The molecule has 2 fully saturated rings. The molecular weight excluding hydrogens is 442 g/mol. The van der Waals surface area contributed by atoms with Gasteiger partial charge in [0.2, 0.25) is 5.91 Å². The second-order valence-electron chi connectivity index (χ2n) is 10.2. The number of amides is 1. The Bertz CT molecular complexity index is 1270. The van der Waals surface area contributed by atoms with E-state index >= 15 is 0 Å². The van der Waals surface area contributed by atoms with Gasteiger partial charge in [0.15, 0.2) is 5.72 Å². The van der Waals surface area contributed by atoms with Crippen molar-refractivity contribution >= 4 is 5.91 Å². The summed E-state index contributed by atoms with van der Waals surface area (Å²) in [5, 5.41) is 0. The number of benzene rings is 4. The number of nitrogens with zero attached hydrogens (tertiary/aromatic N) is 1. The number of hydrogen-bond acceptors (Lipinski definition) is 2. The molecule has 180 valence electrons. The molecule has 0 spiro atoms. The van der Waals surface area contributed by atoms with Crippen molar-refractivity contribution in [1.82, 2.24) is 4.90 Å². The number of carbonyl (C=O) groups is 1. The Labute approximate surface area is 213 Å². The molecule has 0 bridgehead atoms. The van der Waals surface area contributed by atoms with Gasteiger partial charge in [-0.3, -0.25) is 4.79 Å².